The average molecular weight is 352 g/mol. The Bertz CT molecular complexity index is 596. The van der Waals surface area contributed by atoms with Crippen LogP contribution >= 0.6 is 15.9 Å². The van der Waals surface area contributed by atoms with Crippen LogP contribution in [0.4, 0.5) is 0 Å². The molecule has 0 atom stereocenters. The van der Waals surface area contributed by atoms with Crippen LogP contribution in [0.25, 0.3) is 0 Å². The maximum atomic E-state index is 12.1. The highest BCUT2D eigenvalue weighted by molar-refractivity contribution is 9.10. The van der Waals surface area contributed by atoms with Gasteiger partial charge in [-0.1, -0.05) is 6.07 Å². The average Bonchev–Trinajstić information content (AvgIpc) is 2.97. The van der Waals surface area contributed by atoms with Gasteiger partial charge < -0.3 is 14.1 Å². The summed E-state index contributed by atoms with van der Waals surface area (Å²) in [6.45, 7) is 0.498. The molecule has 2 rings (SSSR count). The van der Waals surface area contributed by atoms with E-state index < -0.39 is 0 Å². The van der Waals surface area contributed by atoms with Gasteiger partial charge in [-0.05, 0) is 52.2 Å². The molecular formula is C16H18BrNO3. The minimum Gasteiger partial charge on any atom is -0.496 e. The number of carbonyl (C=O) groups excluding carboxylic acids is 1. The van der Waals surface area contributed by atoms with Gasteiger partial charge in [0, 0.05) is 13.5 Å². The lowest BCUT2D eigenvalue weighted by Crippen LogP contribution is -2.26. The molecule has 0 radical (unpaired) electrons. The van der Waals surface area contributed by atoms with Crippen molar-refractivity contribution in [2.75, 3.05) is 14.2 Å². The number of benzene rings is 1. The summed E-state index contributed by atoms with van der Waals surface area (Å²) >= 11 is 3.45. The van der Waals surface area contributed by atoms with E-state index >= 15 is 0 Å². The SMILES string of the molecule is COc1ccc(CCC(=O)N(C)Cc2ccco2)cc1Br. The fourth-order valence-corrected chi connectivity index (χ4v) is 2.62. The minimum absolute atomic E-state index is 0.0957. The van der Waals surface area contributed by atoms with Crippen molar-refractivity contribution in [1.82, 2.24) is 4.90 Å². The van der Waals surface area contributed by atoms with Crippen LogP contribution in [-0.2, 0) is 17.8 Å². The molecule has 0 spiro atoms. The normalized spacial score (nSPS) is 10.4. The third kappa shape index (κ3) is 4.36. The van der Waals surface area contributed by atoms with Gasteiger partial charge in [0.15, 0.2) is 0 Å². The van der Waals surface area contributed by atoms with Crippen molar-refractivity contribution in [2.45, 2.75) is 19.4 Å². The maximum absolute atomic E-state index is 12.1. The summed E-state index contributed by atoms with van der Waals surface area (Å²) in [6.07, 6.45) is 2.78. The monoisotopic (exact) mass is 351 g/mol. The fourth-order valence-electron chi connectivity index (χ4n) is 2.03. The quantitative estimate of drug-likeness (QED) is 0.797. The lowest BCUT2D eigenvalue weighted by atomic mass is 10.1. The zero-order valence-electron chi connectivity index (χ0n) is 12.1. The van der Waals surface area contributed by atoms with Crippen molar-refractivity contribution < 1.29 is 13.9 Å². The molecule has 2 aromatic rings. The highest BCUT2D eigenvalue weighted by Gasteiger charge is 2.11. The van der Waals surface area contributed by atoms with Crippen molar-refractivity contribution >= 4 is 21.8 Å². The smallest absolute Gasteiger partial charge is 0.223 e. The first-order chi connectivity index (χ1) is 10.1. The van der Waals surface area contributed by atoms with Gasteiger partial charge in [0.25, 0.3) is 0 Å². The largest absolute Gasteiger partial charge is 0.496 e. The number of hydrogen-bond acceptors (Lipinski definition) is 3. The fraction of sp³-hybridized carbons (Fsp3) is 0.312. The zero-order chi connectivity index (χ0) is 15.2. The van der Waals surface area contributed by atoms with Gasteiger partial charge in [0.1, 0.15) is 11.5 Å². The highest BCUT2D eigenvalue weighted by atomic mass is 79.9. The second-order valence-electron chi connectivity index (χ2n) is 4.80. The van der Waals surface area contributed by atoms with Crippen LogP contribution in [-0.4, -0.2) is 25.0 Å². The van der Waals surface area contributed by atoms with Gasteiger partial charge in [0.05, 0.1) is 24.4 Å². The Morgan fingerprint density at radius 3 is 2.81 bits per heavy atom. The van der Waals surface area contributed by atoms with Crippen molar-refractivity contribution in [1.29, 1.82) is 0 Å². The highest BCUT2D eigenvalue weighted by Crippen LogP contribution is 2.26. The number of amides is 1. The Labute approximate surface area is 132 Å². The van der Waals surface area contributed by atoms with E-state index in [9.17, 15) is 4.79 Å². The van der Waals surface area contributed by atoms with Gasteiger partial charge in [-0.25, -0.2) is 0 Å². The van der Waals surface area contributed by atoms with Crippen LogP contribution in [0, 0.1) is 0 Å². The molecule has 5 heteroatoms. The first-order valence-corrected chi connectivity index (χ1v) is 7.48. The molecule has 0 aliphatic carbocycles. The van der Waals surface area contributed by atoms with E-state index in [1.54, 1.807) is 25.3 Å². The summed E-state index contributed by atoms with van der Waals surface area (Å²) < 4.78 is 11.3. The third-order valence-electron chi connectivity index (χ3n) is 3.24. The molecular weight excluding hydrogens is 334 g/mol. The van der Waals surface area contributed by atoms with Crippen molar-refractivity contribution in [3.05, 3.63) is 52.4 Å². The molecule has 1 aromatic heterocycles. The molecule has 0 saturated heterocycles. The molecule has 0 unspecified atom stereocenters. The predicted molar refractivity (Wildman–Crippen MR) is 84.2 cm³/mol. The van der Waals surface area contributed by atoms with E-state index in [0.29, 0.717) is 19.4 Å². The van der Waals surface area contributed by atoms with E-state index in [1.807, 2.05) is 30.3 Å². The van der Waals surface area contributed by atoms with Crippen LogP contribution < -0.4 is 4.74 Å². The number of nitrogens with zero attached hydrogens (tertiary/aromatic N) is 1. The Balaban J connectivity index is 1.87. The number of hydrogen-bond donors (Lipinski definition) is 0. The standard InChI is InChI=1S/C16H18BrNO3/c1-18(11-13-4-3-9-21-13)16(19)8-6-12-5-7-15(20-2)14(17)10-12/h3-5,7,9-10H,6,8,11H2,1-2H3. The predicted octanol–water partition coefficient (Wildman–Crippen LogP) is 3.64. The maximum Gasteiger partial charge on any atom is 0.223 e. The molecule has 0 fully saturated rings. The molecule has 0 aliphatic rings. The first-order valence-electron chi connectivity index (χ1n) is 6.69. The minimum atomic E-state index is 0.0957. The van der Waals surface area contributed by atoms with Gasteiger partial charge >= 0.3 is 0 Å². The second kappa shape index (κ2) is 7.31. The molecule has 112 valence electrons. The number of halogens is 1. The van der Waals surface area contributed by atoms with Crippen molar-refractivity contribution in [3.8, 4) is 5.75 Å². The van der Waals surface area contributed by atoms with Gasteiger partial charge in [-0.15, -0.1) is 0 Å². The molecule has 1 aromatic carbocycles. The first kappa shape index (κ1) is 15.6. The molecule has 21 heavy (non-hydrogen) atoms. The molecule has 4 nitrogen and oxygen atoms in total. The van der Waals surface area contributed by atoms with E-state index in [0.717, 1.165) is 21.5 Å². The van der Waals surface area contributed by atoms with Crippen LogP contribution in [0.2, 0.25) is 0 Å². The Kier molecular flexibility index (Phi) is 5.44. The van der Waals surface area contributed by atoms with E-state index in [2.05, 4.69) is 15.9 Å². The molecule has 1 heterocycles. The van der Waals surface area contributed by atoms with Crippen LogP contribution in [0.5, 0.6) is 5.75 Å². The van der Waals surface area contributed by atoms with Gasteiger partial charge in [-0.3, -0.25) is 4.79 Å². The van der Waals surface area contributed by atoms with Gasteiger partial charge in [0.2, 0.25) is 5.91 Å². The number of carbonyl (C=O) groups is 1. The summed E-state index contributed by atoms with van der Waals surface area (Å²) in [4.78, 5) is 13.8. The summed E-state index contributed by atoms with van der Waals surface area (Å²) in [5.41, 5.74) is 1.10. The summed E-state index contributed by atoms with van der Waals surface area (Å²) in [7, 11) is 3.42. The van der Waals surface area contributed by atoms with Crippen LogP contribution in [0.1, 0.15) is 17.7 Å². The van der Waals surface area contributed by atoms with E-state index in [1.165, 1.54) is 0 Å². The lowest BCUT2D eigenvalue weighted by molar-refractivity contribution is -0.130. The van der Waals surface area contributed by atoms with Crippen LogP contribution in [0.3, 0.4) is 0 Å². The third-order valence-corrected chi connectivity index (χ3v) is 3.86. The molecule has 0 aliphatic heterocycles. The number of methoxy groups -OCH3 is 1. The number of furan rings is 1. The summed E-state index contributed by atoms with van der Waals surface area (Å²) in [5.74, 6) is 1.68. The topological polar surface area (TPSA) is 42.7 Å². The second-order valence-corrected chi connectivity index (χ2v) is 5.65. The summed E-state index contributed by atoms with van der Waals surface area (Å²) in [5, 5.41) is 0. The molecule has 0 N–H and O–H groups in total. The Morgan fingerprint density at radius 1 is 1.38 bits per heavy atom. The number of ether oxygens (including phenoxy) is 1. The molecule has 0 saturated carbocycles. The molecule has 0 bridgehead atoms. The van der Waals surface area contributed by atoms with Crippen LogP contribution in [0.15, 0.2) is 45.5 Å². The van der Waals surface area contributed by atoms with E-state index in [-0.39, 0.29) is 5.91 Å². The zero-order valence-corrected chi connectivity index (χ0v) is 13.7. The Hall–Kier alpha value is -1.75. The Morgan fingerprint density at radius 2 is 2.19 bits per heavy atom. The van der Waals surface area contributed by atoms with Crippen molar-refractivity contribution in [2.24, 2.45) is 0 Å². The summed E-state index contributed by atoms with van der Waals surface area (Å²) in [6, 6.07) is 9.55. The molecule has 1 amide bonds. The van der Waals surface area contributed by atoms with Gasteiger partial charge in [-0.2, -0.15) is 0 Å². The number of rotatable bonds is 6. The van der Waals surface area contributed by atoms with Crippen molar-refractivity contribution in [3.63, 3.8) is 0 Å². The van der Waals surface area contributed by atoms with E-state index in [4.69, 9.17) is 9.15 Å². The number of aryl methyl sites for hydroxylation is 1. The lowest BCUT2D eigenvalue weighted by Gasteiger charge is -2.15.